The molecule has 0 aromatic heterocycles. The third-order valence-electron chi connectivity index (χ3n) is 5.98. The Morgan fingerprint density at radius 3 is 2.75 bits per heavy atom. The molecule has 0 radical (unpaired) electrons. The molecular weight excluding hydrogens is 352 g/mol. The van der Waals surface area contributed by atoms with E-state index >= 15 is 0 Å². The van der Waals surface area contributed by atoms with E-state index in [9.17, 15) is 9.59 Å². The molecule has 1 aliphatic carbocycles. The summed E-state index contributed by atoms with van der Waals surface area (Å²) in [5, 5.41) is 6.03. The van der Waals surface area contributed by atoms with Crippen LogP contribution in [0.1, 0.15) is 49.7 Å². The van der Waals surface area contributed by atoms with E-state index < -0.39 is 5.41 Å². The number of benzene rings is 2. The van der Waals surface area contributed by atoms with Gasteiger partial charge in [0.05, 0.1) is 12.5 Å². The van der Waals surface area contributed by atoms with Gasteiger partial charge in [-0.05, 0) is 60.7 Å². The molecule has 2 amide bonds. The summed E-state index contributed by atoms with van der Waals surface area (Å²) in [7, 11) is 1.64. The van der Waals surface area contributed by atoms with Gasteiger partial charge >= 0.3 is 0 Å². The number of aryl methyl sites for hydroxylation is 1. The molecule has 146 valence electrons. The first-order valence-electron chi connectivity index (χ1n) is 9.99. The molecule has 0 atom stereocenters. The van der Waals surface area contributed by atoms with Crippen LogP contribution in [0.3, 0.4) is 0 Å². The van der Waals surface area contributed by atoms with Gasteiger partial charge in [-0.3, -0.25) is 9.59 Å². The van der Waals surface area contributed by atoms with E-state index in [0.717, 1.165) is 53.9 Å². The van der Waals surface area contributed by atoms with E-state index in [2.05, 4.69) is 10.6 Å². The standard InChI is InChI=1S/C23H26N2O3/c1-28-18-7-5-6-16(14-18)8-11-21(26)24-17-9-10-20-19(15-17)23(22(27)25-20)12-3-2-4-13-23/h5-7,9-10,14-15H,2-4,8,11-13H2,1H3,(H,24,26)(H,25,27). The number of hydrogen-bond acceptors (Lipinski definition) is 3. The van der Waals surface area contributed by atoms with Crippen LogP contribution < -0.4 is 15.4 Å². The van der Waals surface area contributed by atoms with Gasteiger partial charge < -0.3 is 15.4 Å². The number of nitrogens with one attached hydrogen (secondary N) is 2. The Bertz CT molecular complexity index is 900. The Kier molecular flexibility index (Phi) is 5.07. The van der Waals surface area contributed by atoms with Gasteiger partial charge in [-0.25, -0.2) is 0 Å². The smallest absolute Gasteiger partial charge is 0.235 e. The maximum absolute atomic E-state index is 12.6. The molecule has 1 saturated carbocycles. The van der Waals surface area contributed by atoms with Gasteiger partial charge in [0.25, 0.3) is 0 Å². The highest BCUT2D eigenvalue weighted by atomic mass is 16.5. The lowest BCUT2D eigenvalue weighted by molar-refractivity contribution is -0.122. The summed E-state index contributed by atoms with van der Waals surface area (Å²) in [6, 6.07) is 13.5. The Labute approximate surface area is 165 Å². The van der Waals surface area contributed by atoms with Gasteiger partial charge in [0.2, 0.25) is 11.8 Å². The summed E-state index contributed by atoms with van der Waals surface area (Å²) >= 11 is 0. The Balaban J connectivity index is 1.44. The van der Waals surface area contributed by atoms with Crippen molar-refractivity contribution in [2.45, 2.75) is 50.4 Å². The molecule has 2 aromatic carbocycles. The second-order valence-electron chi connectivity index (χ2n) is 7.76. The zero-order valence-electron chi connectivity index (χ0n) is 16.2. The first kappa shape index (κ1) is 18.5. The zero-order chi connectivity index (χ0) is 19.6. The van der Waals surface area contributed by atoms with Crippen molar-refractivity contribution in [3.05, 3.63) is 53.6 Å². The fourth-order valence-electron chi connectivity index (χ4n) is 4.45. The topological polar surface area (TPSA) is 67.4 Å². The van der Waals surface area contributed by atoms with Gasteiger partial charge in [-0.2, -0.15) is 0 Å². The van der Waals surface area contributed by atoms with E-state index in [1.807, 2.05) is 42.5 Å². The number of carbonyl (C=O) groups is 2. The van der Waals surface area contributed by atoms with Crippen LogP contribution >= 0.6 is 0 Å². The van der Waals surface area contributed by atoms with Crippen LogP contribution in [0.15, 0.2) is 42.5 Å². The monoisotopic (exact) mass is 378 g/mol. The van der Waals surface area contributed by atoms with E-state index in [-0.39, 0.29) is 11.8 Å². The lowest BCUT2D eigenvalue weighted by atomic mass is 9.70. The van der Waals surface area contributed by atoms with E-state index in [1.165, 1.54) is 6.42 Å². The molecule has 0 bridgehead atoms. The summed E-state index contributed by atoms with van der Waals surface area (Å²) in [6.07, 6.45) is 6.15. The molecule has 1 heterocycles. The van der Waals surface area contributed by atoms with Gasteiger partial charge in [0, 0.05) is 17.8 Å². The quantitative estimate of drug-likeness (QED) is 0.809. The van der Waals surface area contributed by atoms with Crippen LogP contribution in [0.5, 0.6) is 5.75 Å². The summed E-state index contributed by atoms with van der Waals surface area (Å²) < 4.78 is 5.23. The van der Waals surface area contributed by atoms with Crippen molar-refractivity contribution in [3.63, 3.8) is 0 Å². The number of fused-ring (bicyclic) bond motifs is 2. The van der Waals surface area contributed by atoms with Crippen molar-refractivity contribution in [2.24, 2.45) is 0 Å². The normalized spacial score (nSPS) is 17.1. The van der Waals surface area contributed by atoms with E-state index in [0.29, 0.717) is 12.8 Å². The summed E-state index contributed by atoms with van der Waals surface area (Å²) in [5.41, 5.74) is 3.36. The number of amides is 2. The van der Waals surface area contributed by atoms with Crippen molar-refractivity contribution in [2.75, 3.05) is 17.7 Å². The Morgan fingerprint density at radius 2 is 1.96 bits per heavy atom. The van der Waals surface area contributed by atoms with Crippen LogP contribution in [0.4, 0.5) is 11.4 Å². The van der Waals surface area contributed by atoms with Crippen molar-refractivity contribution >= 4 is 23.2 Å². The van der Waals surface area contributed by atoms with Crippen molar-refractivity contribution in [1.29, 1.82) is 0 Å². The molecule has 4 rings (SSSR count). The molecule has 1 spiro atoms. The number of anilines is 2. The van der Waals surface area contributed by atoms with Gasteiger partial charge in [0.15, 0.2) is 0 Å². The van der Waals surface area contributed by atoms with Crippen LogP contribution in [0, 0.1) is 0 Å². The minimum Gasteiger partial charge on any atom is -0.497 e. The highest BCUT2D eigenvalue weighted by molar-refractivity contribution is 6.07. The maximum atomic E-state index is 12.6. The van der Waals surface area contributed by atoms with Crippen molar-refractivity contribution in [1.82, 2.24) is 0 Å². The lowest BCUT2D eigenvalue weighted by Gasteiger charge is -2.31. The predicted octanol–water partition coefficient (Wildman–Crippen LogP) is 4.42. The van der Waals surface area contributed by atoms with Crippen LogP contribution in [-0.4, -0.2) is 18.9 Å². The molecule has 2 aliphatic rings. The molecule has 0 saturated heterocycles. The summed E-state index contributed by atoms with van der Waals surface area (Å²) in [5.74, 6) is 0.882. The largest absolute Gasteiger partial charge is 0.497 e. The second-order valence-corrected chi connectivity index (χ2v) is 7.76. The molecule has 1 aliphatic heterocycles. The van der Waals surface area contributed by atoms with Gasteiger partial charge in [-0.1, -0.05) is 31.4 Å². The molecule has 2 aromatic rings. The minimum atomic E-state index is -0.408. The Hall–Kier alpha value is -2.82. The van der Waals surface area contributed by atoms with Crippen LogP contribution in [0.25, 0.3) is 0 Å². The number of rotatable bonds is 5. The summed E-state index contributed by atoms with van der Waals surface area (Å²) in [4.78, 5) is 25.1. The fraction of sp³-hybridized carbons (Fsp3) is 0.391. The van der Waals surface area contributed by atoms with Crippen molar-refractivity contribution < 1.29 is 14.3 Å². The number of hydrogen-bond donors (Lipinski definition) is 2. The SMILES string of the molecule is COc1cccc(CCC(=O)Nc2ccc3c(c2)C2(CCCCC2)C(=O)N3)c1. The molecule has 5 nitrogen and oxygen atoms in total. The average molecular weight is 378 g/mol. The van der Waals surface area contributed by atoms with E-state index in [1.54, 1.807) is 7.11 Å². The maximum Gasteiger partial charge on any atom is 0.235 e. The molecule has 0 unspecified atom stereocenters. The molecule has 2 N–H and O–H groups in total. The van der Waals surface area contributed by atoms with Crippen LogP contribution in [-0.2, 0) is 21.4 Å². The molecule has 28 heavy (non-hydrogen) atoms. The minimum absolute atomic E-state index is 0.0299. The average Bonchev–Trinajstić information content (AvgIpc) is 2.98. The lowest BCUT2D eigenvalue weighted by Crippen LogP contribution is -2.36. The first-order valence-corrected chi connectivity index (χ1v) is 9.99. The predicted molar refractivity (Wildman–Crippen MR) is 110 cm³/mol. The molecule has 1 fully saturated rings. The Morgan fingerprint density at radius 1 is 1.14 bits per heavy atom. The highest BCUT2D eigenvalue weighted by Crippen LogP contribution is 2.48. The highest BCUT2D eigenvalue weighted by Gasteiger charge is 2.47. The van der Waals surface area contributed by atoms with Gasteiger partial charge in [-0.15, -0.1) is 0 Å². The second kappa shape index (κ2) is 7.66. The zero-order valence-corrected chi connectivity index (χ0v) is 16.2. The molecule has 5 heteroatoms. The number of carbonyl (C=O) groups excluding carboxylic acids is 2. The third-order valence-corrected chi connectivity index (χ3v) is 5.98. The van der Waals surface area contributed by atoms with E-state index in [4.69, 9.17) is 4.74 Å². The van der Waals surface area contributed by atoms with Crippen LogP contribution in [0.2, 0.25) is 0 Å². The van der Waals surface area contributed by atoms with Gasteiger partial charge in [0.1, 0.15) is 5.75 Å². The summed E-state index contributed by atoms with van der Waals surface area (Å²) in [6.45, 7) is 0. The number of ether oxygens (including phenoxy) is 1. The number of methoxy groups -OCH3 is 1. The fourth-order valence-corrected chi connectivity index (χ4v) is 4.45. The third kappa shape index (κ3) is 3.49. The van der Waals surface area contributed by atoms with Crippen molar-refractivity contribution in [3.8, 4) is 5.75 Å². The molecular formula is C23H26N2O3. The first-order chi connectivity index (χ1) is 13.6.